The van der Waals surface area contributed by atoms with E-state index in [9.17, 15) is 22.8 Å². The fraction of sp³-hybridized carbons (Fsp3) is 0.636. The van der Waals surface area contributed by atoms with Crippen molar-refractivity contribution < 1.29 is 22.8 Å². The van der Waals surface area contributed by atoms with Crippen molar-refractivity contribution in [1.29, 1.82) is 0 Å². The summed E-state index contributed by atoms with van der Waals surface area (Å²) in [6.07, 6.45) is 3.20. The topological polar surface area (TPSA) is 75.4 Å². The predicted octanol–water partition coefficient (Wildman–Crippen LogP) is 2.90. The van der Waals surface area contributed by atoms with Crippen molar-refractivity contribution >= 4 is 11.8 Å². The van der Waals surface area contributed by atoms with Crippen LogP contribution in [0.25, 0.3) is 0 Å². The summed E-state index contributed by atoms with van der Waals surface area (Å²) in [6.45, 7) is 5.25. The van der Waals surface area contributed by atoms with Crippen molar-refractivity contribution in [2.75, 3.05) is 0 Å². The molecule has 0 unspecified atom stereocenters. The highest BCUT2D eigenvalue weighted by atomic mass is 19.2. The van der Waals surface area contributed by atoms with E-state index in [-0.39, 0.29) is 47.7 Å². The molecule has 2 bridgehead atoms. The smallest absolute Gasteiger partial charge is 0.245 e. The zero-order valence-electron chi connectivity index (χ0n) is 17.6. The molecule has 166 valence electrons. The third-order valence-electron chi connectivity index (χ3n) is 6.43. The SMILES string of the molecule is CC(C)C(=O)N[C@H](C)C(=O)N1[C@@H]2CC[C@@H]1CC([C@H](N)Cc1cc(F)c(F)cc1F)C2. The largest absolute Gasteiger partial charge is 0.344 e. The molecule has 2 fully saturated rings. The molecule has 2 aliphatic rings. The maximum absolute atomic E-state index is 14.0. The number of rotatable bonds is 6. The van der Waals surface area contributed by atoms with Gasteiger partial charge in [-0.15, -0.1) is 0 Å². The fourth-order valence-electron chi connectivity index (χ4n) is 4.73. The van der Waals surface area contributed by atoms with Crippen LogP contribution in [-0.2, 0) is 16.0 Å². The number of halogens is 3. The highest BCUT2D eigenvalue weighted by Gasteiger charge is 2.45. The van der Waals surface area contributed by atoms with Gasteiger partial charge in [-0.1, -0.05) is 13.8 Å². The lowest BCUT2D eigenvalue weighted by molar-refractivity contribution is -0.141. The number of piperidine rings is 1. The summed E-state index contributed by atoms with van der Waals surface area (Å²) in [4.78, 5) is 26.8. The number of benzene rings is 1. The Kier molecular flexibility index (Phi) is 6.75. The van der Waals surface area contributed by atoms with E-state index in [0.717, 1.165) is 18.9 Å². The zero-order chi connectivity index (χ0) is 22.2. The molecule has 2 heterocycles. The molecule has 0 aromatic heterocycles. The molecule has 2 saturated heterocycles. The van der Waals surface area contributed by atoms with E-state index in [1.54, 1.807) is 20.8 Å². The molecule has 3 rings (SSSR count). The van der Waals surface area contributed by atoms with E-state index >= 15 is 0 Å². The van der Waals surface area contributed by atoms with Gasteiger partial charge in [-0.25, -0.2) is 13.2 Å². The summed E-state index contributed by atoms with van der Waals surface area (Å²) in [6, 6.07) is 0.472. The maximum atomic E-state index is 14.0. The first-order valence-electron chi connectivity index (χ1n) is 10.6. The normalized spacial score (nSPS) is 25.3. The monoisotopic (exact) mass is 425 g/mol. The highest BCUT2D eigenvalue weighted by molar-refractivity contribution is 5.88. The molecule has 2 amide bonds. The number of carbonyl (C=O) groups is 2. The number of nitrogens with two attached hydrogens (primary N) is 1. The zero-order valence-corrected chi connectivity index (χ0v) is 17.6. The molecule has 0 aliphatic carbocycles. The van der Waals surface area contributed by atoms with Crippen LogP contribution in [0.2, 0.25) is 0 Å². The fourth-order valence-corrected chi connectivity index (χ4v) is 4.73. The van der Waals surface area contributed by atoms with Gasteiger partial charge in [0, 0.05) is 30.1 Å². The number of nitrogens with one attached hydrogen (secondary N) is 1. The van der Waals surface area contributed by atoms with E-state index in [2.05, 4.69) is 5.32 Å². The standard InChI is InChI=1S/C22H30F3N3O2/c1-11(2)21(29)27-12(3)22(30)28-15-4-5-16(28)7-14(6-15)20(26)9-13-8-18(24)19(25)10-17(13)23/h8,10-12,14-16,20H,4-7,9,26H2,1-3H3,(H,27,29)/t12-,15-,16-,20-/m1/s1. The van der Waals surface area contributed by atoms with Gasteiger partial charge in [-0.3, -0.25) is 9.59 Å². The second-order valence-electron chi connectivity index (χ2n) is 8.97. The Morgan fingerprint density at radius 1 is 1.07 bits per heavy atom. The van der Waals surface area contributed by atoms with Crippen LogP contribution in [-0.4, -0.2) is 40.9 Å². The van der Waals surface area contributed by atoms with Crippen molar-refractivity contribution in [2.24, 2.45) is 17.6 Å². The van der Waals surface area contributed by atoms with Crippen molar-refractivity contribution in [1.82, 2.24) is 10.2 Å². The predicted molar refractivity (Wildman–Crippen MR) is 107 cm³/mol. The highest BCUT2D eigenvalue weighted by Crippen LogP contribution is 2.40. The van der Waals surface area contributed by atoms with Gasteiger partial charge in [0.15, 0.2) is 11.6 Å². The molecule has 8 heteroatoms. The lowest BCUT2D eigenvalue weighted by Gasteiger charge is -2.42. The molecule has 2 aliphatic heterocycles. The van der Waals surface area contributed by atoms with Crippen LogP contribution in [0, 0.1) is 29.3 Å². The third-order valence-corrected chi connectivity index (χ3v) is 6.43. The summed E-state index contributed by atoms with van der Waals surface area (Å²) >= 11 is 0. The number of carbonyl (C=O) groups excluding carboxylic acids is 2. The molecule has 0 saturated carbocycles. The first kappa shape index (κ1) is 22.6. The minimum atomic E-state index is -1.21. The second-order valence-corrected chi connectivity index (χ2v) is 8.97. The number of amides is 2. The summed E-state index contributed by atoms with van der Waals surface area (Å²) in [5, 5.41) is 2.77. The number of hydrogen-bond donors (Lipinski definition) is 2. The van der Waals surface area contributed by atoms with Gasteiger partial charge < -0.3 is 16.0 Å². The number of nitrogens with zero attached hydrogens (tertiary/aromatic N) is 1. The van der Waals surface area contributed by atoms with Gasteiger partial charge >= 0.3 is 0 Å². The average Bonchev–Trinajstić information content (AvgIpc) is 2.94. The third kappa shape index (κ3) is 4.63. The van der Waals surface area contributed by atoms with Crippen LogP contribution >= 0.6 is 0 Å². The van der Waals surface area contributed by atoms with Crippen LogP contribution in [0.3, 0.4) is 0 Å². The van der Waals surface area contributed by atoms with Crippen LogP contribution in [0.1, 0.15) is 52.0 Å². The average molecular weight is 425 g/mol. The van der Waals surface area contributed by atoms with Gasteiger partial charge in [0.05, 0.1) is 0 Å². The Bertz CT molecular complexity index is 803. The van der Waals surface area contributed by atoms with Gasteiger partial charge in [-0.2, -0.15) is 0 Å². The van der Waals surface area contributed by atoms with E-state index in [1.807, 2.05) is 4.90 Å². The maximum Gasteiger partial charge on any atom is 0.245 e. The molecule has 0 spiro atoms. The number of fused-ring (bicyclic) bond motifs is 2. The molecule has 4 atom stereocenters. The lowest BCUT2D eigenvalue weighted by atomic mass is 9.82. The first-order valence-corrected chi connectivity index (χ1v) is 10.6. The Morgan fingerprint density at radius 2 is 1.63 bits per heavy atom. The second kappa shape index (κ2) is 8.96. The minimum absolute atomic E-state index is 0.0282. The van der Waals surface area contributed by atoms with Gasteiger partial charge in [-0.05, 0) is 56.6 Å². The summed E-state index contributed by atoms with van der Waals surface area (Å²) in [5.41, 5.74) is 6.39. The van der Waals surface area contributed by atoms with E-state index in [1.165, 1.54) is 0 Å². The summed E-state index contributed by atoms with van der Waals surface area (Å²) in [7, 11) is 0. The van der Waals surface area contributed by atoms with Crippen molar-refractivity contribution in [3.05, 3.63) is 35.1 Å². The van der Waals surface area contributed by atoms with Gasteiger partial charge in [0.25, 0.3) is 0 Å². The molecule has 30 heavy (non-hydrogen) atoms. The van der Waals surface area contributed by atoms with Gasteiger partial charge in [0.1, 0.15) is 11.9 Å². The molecule has 1 aromatic rings. The molecular formula is C22H30F3N3O2. The Balaban J connectivity index is 1.63. The molecule has 3 N–H and O–H groups in total. The summed E-state index contributed by atoms with van der Waals surface area (Å²) in [5.74, 6) is -3.49. The molecule has 0 radical (unpaired) electrons. The molecule has 5 nitrogen and oxygen atoms in total. The van der Waals surface area contributed by atoms with Crippen molar-refractivity contribution in [3.63, 3.8) is 0 Å². The number of hydrogen-bond acceptors (Lipinski definition) is 3. The Morgan fingerprint density at radius 3 is 2.20 bits per heavy atom. The van der Waals surface area contributed by atoms with Crippen LogP contribution in [0.4, 0.5) is 13.2 Å². The van der Waals surface area contributed by atoms with E-state index in [4.69, 9.17) is 5.73 Å². The van der Waals surface area contributed by atoms with Crippen molar-refractivity contribution in [2.45, 2.75) is 77.0 Å². The van der Waals surface area contributed by atoms with Crippen molar-refractivity contribution in [3.8, 4) is 0 Å². The summed E-state index contributed by atoms with van der Waals surface area (Å²) < 4.78 is 40.6. The van der Waals surface area contributed by atoms with Crippen LogP contribution in [0.15, 0.2) is 12.1 Å². The van der Waals surface area contributed by atoms with E-state index in [0.29, 0.717) is 18.9 Å². The van der Waals surface area contributed by atoms with E-state index < -0.39 is 29.5 Å². The van der Waals surface area contributed by atoms with Crippen LogP contribution in [0.5, 0.6) is 0 Å². The quantitative estimate of drug-likeness (QED) is 0.689. The lowest BCUT2D eigenvalue weighted by Crippen LogP contribution is -2.55. The van der Waals surface area contributed by atoms with Gasteiger partial charge in [0.2, 0.25) is 11.8 Å². The molecular weight excluding hydrogens is 395 g/mol. The Labute approximate surface area is 175 Å². The first-order chi connectivity index (χ1) is 14.1. The Hall–Kier alpha value is -2.09. The van der Waals surface area contributed by atoms with Crippen LogP contribution < -0.4 is 11.1 Å². The molecule has 1 aromatic carbocycles. The minimum Gasteiger partial charge on any atom is -0.344 e.